The fourth-order valence-electron chi connectivity index (χ4n) is 1.24. The van der Waals surface area contributed by atoms with Crippen molar-refractivity contribution in [1.29, 1.82) is 0 Å². The number of aromatic nitrogens is 1. The van der Waals surface area contributed by atoms with Crippen LogP contribution in [0.1, 0.15) is 26.0 Å². The van der Waals surface area contributed by atoms with E-state index >= 15 is 0 Å². The van der Waals surface area contributed by atoms with Gasteiger partial charge in [0.2, 0.25) is 0 Å². The maximum Gasteiger partial charge on any atom is 0.126 e. The number of anilines is 1. The zero-order chi connectivity index (χ0) is 11.3. The van der Waals surface area contributed by atoms with Gasteiger partial charge in [-0.15, -0.1) is 0 Å². The Bertz CT molecular complexity index is 308. The van der Waals surface area contributed by atoms with Gasteiger partial charge in [0.25, 0.3) is 0 Å². The van der Waals surface area contributed by atoms with E-state index in [1.54, 1.807) is 0 Å². The van der Waals surface area contributed by atoms with Crippen molar-refractivity contribution in [3.63, 3.8) is 0 Å². The molecule has 1 aromatic rings. The van der Waals surface area contributed by atoms with Crippen LogP contribution in [0.3, 0.4) is 0 Å². The quantitative estimate of drug-likeness (QED) is 0.779. The molecule has 0 aliphatic rings. The minimum Gasteiger partial charge on any atom is -0.396 e. The Morgan fingerprint density at radius 2 is 2.20 bits per heavy atom. The second-order valence-corrected chi connectivity index (χ2v) is 4.34. The second kappa shape index (κ2) is 5.12. The Labute approximate surface area is 91.5 Å². The van der Waals surface area contributed by atoms with Crippen LogP contribution in [-0.4, -0.2) is 23.2 Å². The molecule has 0 saturated carbocycles. The number of aliphatic hydroxyl groups is 1. The smallest absolute Gasteiger partial charge is 0.126 e. The van der Waals surface area contributed by atoms with Crippen LogP contribution in [0, 0.1) is 12.3 Å². The molecule has 0 unspecified atom stereocenters. The van der Waals surface area contributed by atoms with Gasteiger partial charge >= 0.3 is 0 Å². The highest BCUT2D eigenvalue weighted by Crippen LogP contribution is 2.20. The monoisotopic (exact) mass is 208 g/mol. The zero-order valence-corrected chi connectivity index (χ0v) is 9.75. The van der Waals surface area contributed by atoms with E-state index in [0.717, 1.165) is 24.5 Å². The number of rotatable bonds is 5. The standard InChI is InChI=1S/C12H20N2O/c1-4-12(3,9-15)8-13-11-7-5-6-10(2)14-11/h5-7,15H,4,8-9H2,1-3H3,(H,13,14)/t12-/m1/s1. The van der Waals surface area contributed by atoms with Crippen LogP contribution in [0.15, 0.2) is 18.2 Å². The maximum atomic E-state index is 9.26. The Morgan fingerprint density at radius 1 is 1.47 bits per heavy atom. The Balaban J connectivity index is 2.56. The molecule has 0 aromatic carbocycles. The maximum absolute atomic E-state index is 9.26. The Hall–Kier alpha value is -1.09. The first-order valence-electron chi connectivity index (χ1n) is 5.38. The number of aryl methyl sites for hydroxylation is 1. The van der Waals surface area contributed by atoms with Crippen molar-refractivity contribution in [1.82, 2.24) is 4.98 Å². The summed E-state index contributed by atoms with van der Waals surface area (Å²) < 4.78 is 0. The molecule has 0 amide bonds. The van der Waals surface area contributed by atoms with Crippen molar-refractivity contribution in [2.24, 2.45) is 5.41 Å². The fourth-order valence-corrected chi connectivity index (χ4v) is 1.24. The number of nitrogens with one attached hydrogen (secondary N) is 1. The third kappa shape index (κ3) is 3.51. The molecule has 0 fully saturated rings. The summed E-state index contributed by atoms with van der Waals surface area (Å²) in [7, 11) is 0. The third-order valence-corrected chi connectivity index (χ3v) is 2.82. The van der Waals surface area contributed by atoms with Crippen LogP contribution in [0.2, 0.25) is 0 Å². The molecule has 84 valence electrons. The first kappa shape index (κ1) is 12.0. The molecule has 1 heterocycles. The van der Waals surface area contributed by atoms with Crippen LogP contribution < -0.4 is 5.32 Å². The van der Waals surface area contributed by atoms with Gasteiger partial charge in [-0.2, -0.15) is 0 Å². The van der Waals surface area contributed by atoms with E-state index < -0.39 is 0 Å². The summed E-state index contributed by atoms with van der Waals surface area (Å²) in [6.07, 6.45) is 0.947. The second-order valence-electron chi connectivity index (χ2n) is 4.34. The SMILES string of the molecule is CC[C@@](C)(CO)CNc1cccc(C)n1. The summed E-state index contributed by atoms with van der Waals surface area (Å²) in [6, 6.07) is 5.89. The summed E-state index contributed by atoms with van der Waals surface area (Å²) in [5, 5.41) is 12.5. The van der Waals surface area contributed by atoms with E-state index in [4.69, 9.17) is 0 Å². The first-order chi connectivity index (χ1) is 7.09. The molecular formula is C12H20N2O. The molecule has 0 aliphatic heterocycles. The number of hydrogen-bond donors (Lipinski definition) is 2. The lowest BCUT2D eigenvalue weighted by Gasteiger charge is -2.26. The van der Waals surface area contributed by atoms with Crippen molar-refractivity contribution in [3.8, 4) is 0 Å². The topological polar surface area (TPSA) is 45.1 Å². The summed E-state index contributed by atoms with van der Waals surface area (Å²) in [5.41, 5.74) is 0.938. The average molecular weight is 208 g/mol. The molecule has 1 aromatic heterocycles. The van der Waals surface area contributed by atoms with Crippen molar-refractivity contribution < 1.29 is 5.11 Å². The normalized spacial score (nSPS) is 14.7. The van der Waals surface area contributed by atoms with Gasteiger partial charge in [-0.3, -0.25) is 0 Å². The van der Waals surface area contributed by atoms with Gasteiger partial charge in [-0.25, -0.2) is 4.98 Å². The summed E-state index contributed by atoms with van der Waals surface area (Å²) in [6.45, 7) is 7.06. The highest BCUT2D eigenvalue weighted by atomic mass is 16.3. The summed E-state index contributed by atoms with van der Waals surface area (Å²) in [4.78, 5) is 4.35. The predicted octanol–water partition coefficient (Wildman–Crippen LogP) is 2.21. The van der Waals surface area contributed by atoms with Gasteiger partial charge in [0.05, 0.1) is 6.61 Å². The molecule has 0 spiro atoms. The predicted molar refractivity (Wildman–Crippen MR) is 62.9 cm³/mol. The molecule has 15 heavy (non-hydrogen) atoms. The lowest BCUT2D eigenvalue weighted by molar-refractivity contribution is 0.149. The van der Waals surface area contributed by atoms with E-state index in [2.05, 4.69) is 24.1 Å². The van der Waals surface area contributed by atoms with Crippen LogP contribution >= 0.6 is 0 Å². The first-order valence-corrected chi connectivity index (χ1v) is 5.38. The molecule has 3 nitrogen and oxygen atoms in total. The number of pyridine rings is 1. The number of nitrogens with zero attached hydrogens (tertiary/aromatic N) is 1. The van der Waals surface area contributed by atoms with E-state index in [0.29, 0.717) is 0 Å². The largest absolute Gasteiger partial charge is 0.396 e. The van der Waals surface area contributed by atoms with E-state index in [1.807, 2.05) is 25.1 Å². The summed E-state index contributed by atoms with van der Waals surface area (Å²) in [5.74, 6) is 0.878. The molecular weight excluding hydrogens is 188 g/mol. The molecule has 1 atom stereocenters. The molecule has 3 heteroatoms. The molecule has 0 radical (unpaired) electrons. The highest BCUT2D eigenvalue weighted by Gasteiger charge is 2.20. The van der Waals surface area contributed by atoms with Gasteiger partial charge in [-0.1, -0.05) is 19.9 Å². The molecule has 0 bridgehead atoms. The van der Waals surface area contributed by atoms with Crippen LogP contribution in [0.5, 0.6) is 0 Å². The lowest BCUT2D eigenvalue weighted by Crippen LogP contribution is -2.29. The fraction of sp³-hybridized carbons (Fsp3) is 0.583. The van der Waals surface area contributed by atoms with Crippen LogP contribution in [-0.2, 0) is 0 Å². The average Bonchev–Trinajstić information content (AvgIpc) is 2.26. The molecule has 2 N–H and O–H groups in total. The minimum atomic E-state index is -0.0641. The molecule has 0 aliphatic carbocycles. The van der Waals surface area contributed by atoms with E-state index in [1.165, 1.54) is 0 Å². The van der Waals surface area contributed by atoms with E-state index in [9.17, 15) is 5.11 Å². The van der Waals surface area contributed by atoms with Crippen LogP contribution in [0.4, 0.5) is 5.82 Å². The molecule has 1 rings (SSSR count). The Kier molecular flexibility index (Phi) is 4.09. The Morgan fingerprint density at radius 3 is 2.73 bits per heavy atom. The van der Waals surface area contributed by atoms with Crippen molar-refractivity contribution in [2.75, 3.05) is 18.5 Å². The van der Waals surface area contributed by atoms with Crippen molar-refractivity contribution in [3.05, 3.63) is 23.9 Å². The summed E-state index contributed by atoms with van der Waals surface area (Å²) >= 11 is 0. The lowest BCUT2D eigenvalue weighted by atomic mass is 9.89. The van der Waals surface area contributed by atoms with Crippen molar-refractivity contribution >= 4 is 5.82 Å². The highest BCUT2D eigenvalue weighted by molar-refractivity contribution is 5.35. The van der Waals surface area contributed by atoms with Crippen LogP contribution in [0.25, 0.3) is 0 Å². The molecule has 0 saturated heterocycles. The van der Waals surface area contributed by atoms with Gasteiger partial charge in [0.15, 0.2) is 0 Å². The number of aliphatic hydroxyl groups excluding tert-OH is 1. The van der Waals surface area contributed by atoms with Gasteiger partial charge in [0.1, 0.15) is 5.82 Å². The zero-order valence-electron chi connectivity index (χ0n) is 9.75. The third-order valence-electron chi connectivity index (χ3n) is 2.82. The number of hydrogen-bond acceptors (Lipinski definition) is 3. The van der Waals surface area contributed by atoms with Crippen molar-refractivity contribution in [2.45, 2.75) is 27.2 Å². The van der Waals surface area contributed by atoms with E-state index in [-0.39, 0.29) is 12.0 Å². The van der Waals surface area contributed by atoms with Gasteiger partial charge in [0, 0.05) is 17.7 Å². The van der Waals surface area contributed by atoms with Gasteiger partial charge in [-0.05, 0) is 25.5 Å². The minimum absolute atomic E-state index is 0.0641. The van der Waals surface area contributed by atoms with Gasteiger partial charge < -0.3 is 10.4 Å².